The Bertz CT molecular complexity index is 1960. The highest BCUT2D eigenvalue weighted by Crippen LogP contribution is 2.41. The highest BCUT2D eigenvalue weighted by atomic mass is 15.0. The van der Waals surface area contributed by atoms with Crippen LogP contribution in [0.4, 0.5) is 0 Å². The highest BCUT2D eigenvalue weighted by molar-refractivity contribution is 6.18. The molecular weight excluding hydrogens is 508 g/mol. The summed E-state index contributed by atoms with van der Waals surface area (Å²) in [6, 6.07) is 57.2. The molecule has 0 spiro atoms. The van der Waals surface area contributed by atoms with E-state index in [-0.39, 0.29) is 0 Å². The fourth-order valence-corrected chi connectivity index (χ4v) is 6.64. The third-order valence-corrected chi connectivity index (χ3v) is 8.47. The van der Waals surface area contributed by atoms with E-state index in [0.717, 1.165) is 13.1 Å². The van der Waals surface area contributed by atoms with Gasteiger partial charge < -0.3 is 0 Å². The minimum atomic E-state index is 0.815. The predicted molar refractivity (Wildman–Crippen MR) is 173 cm³/mol. The molecule has 2 heterocycles. The summed E-state index contributed by atoms with van der Waals surface area (Å²) in [7, 11) is 0. The number of hydrogen-bond acceptors (Lipinski definition) is 0. The van der Waals surface area contributed by atoms with Crippen molar-refractivity contribution in [1.82, 2.24) is 0 Å². The van der Waals surface area contributed by atoms with Crippen LogP contribution in [0.1, 0.15) is 11.1 Å². The molecule has 0 unspecified atom stereocenters. The quantitative estimate of drug-likeness (QED) is 0.153. The van der Waals surface area contributed by atoms with Gasteiger partial charge in [-0.3, -0.25) is 0 Å². The number of nitrogens with zero attached hydrogens (tertiary/aromatic N) is 2. The molecule has 6 aromatic carbocycles. The molecule has 0 N–H and O–H groups in total. The monoisotopic (exact) mass is 538 g/mol. The van der Waals surface area contributed by atoms with E-state index in [1.807, 2.05) is 0 Å². The van der Waals surface area contributed by atoms with Crippen molar-refractivity contribution in [3.63, 3.8) is 0 Å². The summed E-state index contributed by atoms with van der Waals surface area (Å²) in [5.74, 6) is 0. The highest BCUT2D eigenvalue weighted by Gasteiger charge is 2.27. The van der Waals surface area contributed by atoms with Crippen LogP contribution in [0, 0.1) is 0 Å². The minimum Gasteiger partial charge on any atom is -0.187 e. The van der Waals surface area contributed by atoms with Gasteiger partial charge >= 0.3 is 0 Å². The number of fused-ring (bicyclic) bond motifs is 4. The fraction of sp³-hybridized carbons (Fsp3) is 0.0500. The van der Waals surface area contributed by atoms with Crippen LogP contribution in [-0.2, 0) is 13.1 Å². The van der Waals surface area contributed by atoms with Crippen LogP contribution < -0.4 is 9.13 Å². The van der Waals surface area contributed by atoms with Crippen LogP contribution >= 0.6 is 0 Å². The molecule has 2 aromatic heterocycles. The molecule has 0 amide bonds. The van der Waals surface area contributed by atoms with Crippen molar-refractivity contribution in [2.45, 2.75) is 13.1 Å². The van der Waals surface area contributed by atoms with Gasteiger partial charge in [-0.05, 0) is 24.3 Å². The molecule has 0 saturated heterocycles. The van der Waals surface area contributed by atoms with Gasteiger partial charge in [-0.2, -0.15) is 9.13 Å². The number of aromatic nitrogens is 2. The Morgan fingerprint density at radius 3 is 0.857 bits per heavy atom. The van der Waals surface area contributed by atoms with E-state index >= 15 is 0 Å². The molecular formula is C40H30N2+2. The molecule has 42 heavy (non-hydrogen) atoms. The first-order valence-electron chi connectivity index (χ1n) is 14.6. The largest absolute Gasteiger partial charge is 0.213 e. The molecule has 0 aliphatic carbocycles. The van der Waals surface area contributed by atoms with Gasteiger partial charge in [0.15, 0.2) is 13.1 Å². The van der Waals surface area contributed by atoms with E-state index in [0.29, 0.717) is 0 Å². The topological polar surface area (TPSA) is 7.76 Å². The van der Waals surface area contributed by atoms with Crippen molar-refractivity contribution in [3.05, 3.63) is 169 Å². The van der Waals surface area contributed by atoms with Crippen molar-refractivity contribution in [3.8, 4) is 11.1 Å². The second-order valence-corrected chi connectivity index (χ2v) is 11.0. The van der Waals surface area contributed by atoms with E-state index < -0.39 is 0 Å². The van der Waals surface area contributed by atoms with Crippen LogP contribution in [0.3, 0.4) is 0 Å². The number of benzene rings is 6. The van der Waals surface area contributed by atoms with Gasteiger partial charge in [-0.25, -0.2) is 0 Å². The maximum atomic E-state index is 2.48. The molecule has 0 fully saturated rings. The summed E-state index contributed by atoms with van der Waals surface area (Å²) >= 11 is 0. The number of pyridine rings is 2. The van der Waals surface area contributed by atoms with Crippen molar-refractivity contribution in [1.29, 1.82) is 0 Å². The predicted octanol–water partition coefficient (Wildman–Crippen LogP) is 8.64. The van der Waals surface area contributed by atoms with Crippen LogP contribution in [0.25, 0.3) is 54.7 Å². The number of hydrogen-bond donors (Lipinski definition) is 0. The van der Waals surface area contributed by atoms with Gasteiger partial charge in [0, 0.05) is 46.5 Å². The first-order chi connectivity index (χ1) is 20.9. The summed E-state index contributed by atoms with van der Waals surface area (Å²) in [4.78, 5) is 0. The zero-order valence-electron chi connectivity index (χ0n) is 23.3. The first-order valence-corrected chi connectivity index (χ1v) is 14.6. The van der Waals surface area contributed by atoms with Crippen LogP contribution in [0.5, 0.6) is 0 Å². The lowest BCUT2D eigenvalue weighted by molar-refractivity contribution is -0.636. The smallest absolute Gasteiger partial charge is 0.187 e. The third-order valence-electron chi connectivity index (χ3n) is 8.47. The summed E-state index contributed by atoms with van der Waals surface area (Å²) in [6.45, 7) is 1.63. The average Bonchev–Trinajstić information content (AvgIpc) is 3.06. The van der Waals surface area contributed by atoms with E-state index in [2.05, 4.69) is 167 Å². The van der Waals surface area contributed by atoms with Crippen LogP contribution in [0.2, 0.25) is 0 Å². The standard InChI is InChI=1S/C40H30N2/c1-3-15-29(16-4-1)27-41-35-23-11-7-19-31(35)39(32-20-8-12-24-36(32)41)40-33-21-9-13-25-37(33)42(28-30-17-5-2-6-18-30)38-26-14-10-22-34(38)40/h1-26H,27-28H2/q+2. The molecule has 198 valence electrons. The van der Waals surface area contributed by atoms with Crippen LogP contribution in [-0.4, -0.2) is 0 Å². The van der Waals surface area contributed by atoms with Crippen molar-refractivity contribution in [2.24, 2.45) is 0 Å². The van der Waals surface area contributed by atoms with E-state index in [1.165, 1.54) is 65.9 Å². The Morgan fingerprint density at radius 2 is 0.548 bits per heavy atom. The number of rotatable bonds is 5. The van der Waals surface area contributed by atoms with Crippen molar-refractivity contribution >= 4 is 43.6 Å². The molecule has 0 aliphatic rings. The second kappa shape index (κ2) is 10.2. The van der Waals surface area contributed by atoms with Crippen molar-refractivity contribution < 1.29 is 9.13 Å². The Balaban J connectivity index is 1.50. The Hall–Kier alpha value is -5.34. The fourth-order valence-electron chi connectivity index (χ4n) is 6.64. The molecule has 0 radical (unpaired) electrons. The zero-order valence-corrected chi connectivity index (χ0v) is 23.3. The van der Waals surface area contributed by atoms with E-state index in [4.69, 9.17) is 0 Å². The van der Waals surface area contributed by atoms with Crippen molar-refractivity contribution in [2.75, 3.05) is 0 Å². The second-order valence-electron chi connectivity index (χ2n) is 11.0. The molecule has 0 atom stereocenters. The van der Waals surface area contributed by atoms with E-state index in [1.54, 1.807) is 0 Å². The molecule has 0 saturated carbocycles. The van der Waals surface area contributed by atoms with Gasteiger partial charge in [-0.1, -0.05) is 109 Å². The molecule has 0 bridgehead atoms. The lowest BCUT2D eigenvalue weighted by Gasteiger charge is -2.16. The first kappa shape index (κ1) is 24.5. The Labute approximate surface area is 245 Å². The minimum absolute atomic E-state index is 0.815. The SMILES string of the molecule is c1ccc(C[n+]2c3ccccc3c(-c3c4ccccc4[n+](Cc4ccccc4)c4ccccc34)c3ccccc32)cc1. The molecule has 8 aromatic rings. The summed E-state index contributed by atoms with van der Waals surface area (Å²) in [5.41, 5.74) is 10.1. The Kier molecular flexibility index (Phi) is 5.97. The maximum Gasteiger partial charge on any atom is 0.213 e. The third kappa shape index (κ3) is 4.03. The van der Waals surface area contributed by atoms with Gasteiger partial charge in [0.25, 0.3) is 0 Å². The summed E-state index contributed by atoms with van der Waals surface area (Å²) in [6.07, 6.45) is 0. The normalized spacial score (nSPS) is 11.5. The molecule has 2 heteroatoms. The Morgan fingerprint density at radius 1 is 0.286 bits per heavy atom. The van der Waals surface area contributed by atoms with E-state index in [9.17, 15) is 0 Å². The molecule has 2 nitrogen and oxygen atoms in total. The molecule has 0 aliphatic heterocycles. The van der Waals surface area contributed by atoms with Gasteiger partial charge in [0.2, 0.25) is 22.1 Å². The van der Waals surface area contributed by atoms with Crippen LogP contribution in [0.15, 0.2) is 158 Å². The summed E-state index contributed by atoms with van der Waals surface area (Å²) in [5, 5.41) is 5.07. The van der Waals surface area contributed by atoms with Gasteiger partial charge in [0.1, 0.15) is 0 Å². The maximum absolute atomic E-state index is 2.48. The molecule has 8 rings (SSSR count). The van der Waals surface area contributed by atoms with Gasteiger partial charge in [-0.15, -0.1) is 0 Å². The average molecular weight is 539 g/mol. The lowest BCUT2D eigenvalue weighted by Crippen LogP contribution is -2.37. The summed E-state index contributed by atoms with van der Waals surface area (Å²) < 4.78 is 4.96. The number of para-hydroxylation sites is 4. The van der Waals surface area contributed by atoms with Gasteiger partial charge in [0.05, 0.1) is 21.5 Å². The zero-order chi connectivity index (χ0) is 27.9. The lowest BCUT2D eigenvalue weighted by atomic mass is 9.90.